The third-order valence-corrected chi connectivity index (χ3v) is 2.92. The summed E-state index contributed by atoms with van der Waals surface area (Å²) >= 11 is 0. The van der Waals surface area contributed by atoms with E-state index in [1.807, 2.05) is 28.9 Å². The van der Waals surface area contributed by atoms with E-state index in [2.05, 4.69) is 21.6 Å². The van der Waals surface area contributed by atoms with Gasteiger partial charge in [0.05, 0.1) is 18.2 Å². The van der Waals surface area contributed by atoms with Gasteiger partial charge in [0.25, 0.3) is 0 Å². The third-order valence-electron chi connectivity index (χ3n) is 2.92. The summed E-state index contributed by atoms with van der Waals surface area (Å²) in [6, 6.07) is 9.62. The lowest BCUT2D eigenvalue weighted by molar-refractivity contribution is 0.619. The Labute approximate surface area is 98.7 Å². The molecule has 1 heterocycles. The van der Waals surface area contributed by atoms with Crippen LogP contribution in [0.3, 0.4) is 0 Å². The molecule has 3 rings (SSSR count). The van der Waals surface area contributed by atoms with Crippen molar-refractivity contribution in [3.63, 3.8) is 0 Å². The van der Waals surface area contributed by atoms with Gasteiger partial charge in [-0.2, -0.15) is 5.26 Å². The zero-order valence-corrected chi connectivity index (χ0v) is 9.24. The average Bonchev–Trinajstić information content (AvgIpc) is 3.11. The molecular weight excluding hydrogens is 214 g/mol. The van der Waals surface area contributed by atoms with Gasteiger partial charge in [-0.05, 0) is 41.0 Å². The molecular formula is C12H11N5. The van der Waals surface area contributed by atoms with Crippen molar-refractivity contribution in [2.45, 2.75) is 25.3 Å². The van der Waals surface area contributed by atoms with Gasteiger partial charge >= 0.3 is 0 Å². The molecule has 0 bridgehead atoms. The molecule has 0 aliphatic heterocycles. The number of aromatic nitrogens is 4. The first-order valence-electron chi connectivity index (χ1n) is 5.62. The standard InChI is InChI=1S/C12H11N5/c13-7-9-1-3-10(4-2-9)8-17-12(11-5-6-11)14-15-16-17/h1-4,11H,5-6,8H2. The van der Waals surface area contributed by atoms with Gasteiger partial charge < -0.3 is 0 Å². The van der Waals surface area contributed by atoms with E-state index < -0.39 is 0 Å². The van der Waals surface area contributed by atoms with Crippen LogP contribution in [0.4, 0.5) is 0 Å². The van der Waals surface area contributed by atoms with Crippen LogP contribution in [0.25, 0.3) is 0 Å². The molecule has 0 saturated heterocycles. The second-order valence-corrected chi connectivity index (χ2v) is 4.28. The second kappa shape index (κ2) is 3.98. The zero-order chi connectivity index (χ0) is 11.7. The minimum absolute atomic E-state index is 0.545. The summed E-state index contributed by atoms with van der Waals surface area (Å²) < 4.78 is 1.85. The summed E-state index contributed by atoms with van der Waals surface area (Å²) in [5.41, 5.74) is 1.78. The number of hydrogen-bond acceptors (Lipinski definition) is 4. The lowest BCUT2D eigenvalue weighted by Crippen LogP contribution is -2.06. The van der Waals surface area contributed by atoms with E-state index in [1.165, 1.54) is 12.8 Å². The Hall–Kier alpha value is -2.22. The predicted molar refractivity (Wildman–Crippen MR) is 60.1 cm³/mol. The molecule has 1 aromatic heterocycles. The van der Waals surface area contributed by atoms with E-state index in [0.717, 1.165) is 11.4 Å². The van der Waals surface area contributed by atoms with Crippen LogP contribution in [-0.4, -0.2) is 20.2 Å². The van der Waals surface area contributed by atoms with Crippen molar-refractivity contribution < 1.29 is 0 Å². The van der Waals surface area contributed by atoms with Gasteiger partial charge in [0.15, 0.2) is 5.82 Å². The monoisotopic (exact) mass is 225 g/mol. The van der Waals surface area contributed by atoms with Crippen LogP contribution in [0.1, 0.15) is 35.7 Å². The van der Waals surface area contributed by atoms with Gasteiger partial charge in [0, 0.05) is 5.92 Å². The van der Waals surface area contributed by atoms with Gasteiger partial charge in [0.1, 0.15) is 0 Å². The van der Waals surface area contributed by atoms with Crippen molar-refractivity contribution in [3.05, 3.63) is 41.2 Å². The Balaban J connectivity index is 1.81. The third kappa shape index (κ3) is 2.02. The highest BCUT2D eigenvalue weighted by Gasteiger charge is 2.29. The molecule has 5 nitrogen and oxygen atoms in total. The molecule has 0 amide bonds. The highest BCUT2D eigenvalue weighted by molar-refractivity contribution is 5.31. The van der Waals surface area contributed by atoms with Gasteiger partial charge in [-0.25, -0.2) is 4.68 Å². The molecule has 0 atom stereocenters. The fourth-order valence-corrected chi connectivity index (χ4v) is 1.82. The van der Waals surface area contributed by atoms with Crippen molar-refractivity contribution in [3.8, 4) is 6.07 Å². The predicted octanol–water partition coefficient (Wildman–Crippen LogP) is 1.47. The number of hydrogen-bond donors (Lipinski definition) is 0. The largest absolute Gasteiger partial charge is 0.225 e. The maximum atomic E-state index is 8.72. The van der Waals surface area contributed by atoms with E-state index in [-0.39, 0.29) is 0 Å². The lowest BCUT2D eigenvalue weighted by atomic mass is 10.1. The van der Waals surface area contributed by atoms with Crippen LogP contribution in [0.15, 0.2) is 24.3 Å². The average molecular weight is 225 g/mol. The number of benzene rings is 1. The van der Waals surface area contributed by atoms with E-state index in [4.69, 9.17) is 5.26 Å². The van der Waals surface area contributed by atoms with Crippen LogP contribution in [0, 0.1) is 11.3 Å². The Morgan fingerprint density at radius 1 is 1.29 bits per heavy atom. The maximum Gasteiger partial charge on any atom is 0.154 e. The van der Waals surface area contributed by atoms with E-state index in [1.54, 1.807) is 0 Å². The molecule has 17 heavy (non-hydrogen) atoms. The van der Waals surface area contributed by atoms with E-state index in [0.29, 0.717) is 18.0 Å². The Kier molecular flexibility index (Phi) is 2.33. The molecule has 84 valence electrons. The van der Waals surface area contributed by atoms with Gasteiger partial charge in [0.2, 0.25) is 0 Å². The minimum Gasteiger partial charge on any atom is -0.225 e. The molecule has 1 aliphatic carbocycles. The molecule has 2 aromatic rings. The van der Waals surface area contributed by atoms with Gasteiger partial charge in [-0.1, -0.05) is 12.1 Å². The van der Waals surface area contributed by atoms with Crippen molar-refractivity contribution in [2.24, 2.45) is 0 Å². The van der Waals surface area contributed by atoms with Crippen molar-refractivity contribution in [2.75, 3.05) is 0 Å². The summed E-state index contributed by atoms with van der Waals surface area (Å²) in [7, 11) is 0. The SMILES string of the molecule is N#Cc1ccc(Cn2nnnc2C2CC2)cc1. The fraction of sp³-hybridized carbons (Fsp3) is 0.333. The van der Waals surface area contributed by atoms with Crippen LogP contribution in [-0.2, 0) is 6.54 Å². The number of nitriles is 1. The summed E-state index contributed by atoms with van der Waals surface area (Å²) in [6.45, 7) is 0.671. The summed E-state index contributed by atoms with van der Waals surface area (Å²) in [6.07, 6.45) is 2.38. The zero-order valence-electron chi connectivity index (χ0n) is 9.24. The van der Waals surface area contributed by atoms with Crippen LogP contribution >= 0.6 is 0 Å². The summed E-state index contributed by atoms with van der Waals surface area (Å²) in [4.78, 5) is 0. The lowest BCUT2D eigenvalue weighted by Gasteiger charge is -2.03. The molecule has 1 aromatic carbocycles. The summed E-state index contributed by atoms with van der Waals surface area (Å²) in [5, 5.41) is 20.5. The number of nitrogens with zero attached hydrogens (tertiary/aromatic N) is 5. The van der Waals surface area contributed by atoms with Gasteiger partial charge in [-0.3, -0.25) is 0 Å². The van der Waals surface area contributed by atoms with Crippen molar-refractivity contribution >= 4 is 0 Å². The molecule has 1 saturated carbocycles. The molecule has 0 radical (unpaired) electrons. The molecule has 0 unspecified atom stereocenters. The first kappa shape index (κ1) is 9.97. The topological polar surface area (TPSA) is 67.4 Å². The van der Waals surface area contributed by atoms with Crippen molar-refractivity contribution in [1.82, 2.24) is 20.2 Å². The second-order valence-electron chi connectivity index (χ2n) is 4.28. The number of tetrazole rings is 1. The first-order chi connectivity index (χ1) is 8.36. The maximum absolute atomic E-state index is 8.72. The molecule has 5 heteroatoms. The van der Waals surface area contributed by atoms with E-state index in [9.17, 15) is 0 Å². The molecule has 1 fully saturated rings. The first-order valence-corrected chi connectivity index (χ1v) is 5.62. The minimum atomic E-state index is 0.545. The number of rotatable bonds is 3. The van der Waals surface area contributed by atoms with E-state index >= 15 is 0 Å². The van der Waals surface area contributed by atoms with Crippen LogP contribution in [0.5, 0.6) is 0 Å². The van der Waals surface area contributed by atoms with Gasteiger partial charge in [-0.15, -0.1) is 5.10 Å². The molecule has 0 spiro atoms. The Morgan fingerprint density at radius 3 is 2.71 bits per heavy atom. The Morgan fingerprint density at radius 2 is 2.06 bits per heavy atom. The molecule has 1 aliphatic rings. The fourth-order valence-electron chi connectivity index (χ4n) is 1.82. The highest BCUT2D eigenvalue weighted by Crippen LogP contribution is 2.38. The van der Waals surface area contributed by atoms with Crippen LogP contribution < -0.4 is 0 Å². The smallest absolute Gasteiger partial charge is 0.154 e. The highest BCUT2D eigenvalue weighted by atomic mass is 15.5. The normalized spacial score (nSPS) is 14.5. The van der Waals surface area contributed by atoms with Crippen LogP contribution in [0.2, 0.25) is 0 Å². The Bertz CT molecular complexity index is 559. The quantitative estimate of drug-likeness (QED) is 0.793. The van der Waals surface area contributed by atoms with Crippen molar-refractivity contribution in [1.29, 1.82) is 5.26 Å². The molecule has 0 N–H and O–H groups in total. The summed E-state index contributed by atoms with van der Waals surface area (Å²) in [5.74, 6) is 1.53.